The van der Waals surface area contributed by atoms with Crippen LogP contribution in [0.15, 0.2) is 18.5 Å². The van der Waals surface area contributed by atoms with Crippen LogP contribution in [0.1, 0.15) is 5.69 Å². The van der Waals surface area contributed by atoms with Crippen molar-refractivity contribution < 1.29 is 0 Å². The molecule has 0 aliphatic carbocycles. The van der Waals surface area contributed by atoms with Gasteiger partial charge in [0.2, 0.25) is 5.95 Å². The molecule has 1 aliphatic heterocycles. The molecule has 0 aromatic carbocycles. The summed E-state index contributed by atoms with van der Waals surface area (Å²) in [4.78, 5) is 15.9. The maximum Gasteiger partial charge on any atom is 0.226 e. The van der Waals surface area contributed by atoms with Gasteiger partial charge in [-0.2, -0.15) is 4.98 Å². The molecule has 23 heavy (non-hydrogen) atoms. The van der Waals surface area contributed by atoms with Crippen LogP contribution >= 0.6 is 0 Å². The molecule has 0 unspecified atom stereocenters. The predicted molar refractivity (Wildman–Crippen MR) is 89.8 cm³/mol. The number of piperazine rings is 1. The topological polar surface area (TPSA) is 66.2 Å². The summed E-state index contributed by atoms with van der Waals surface area (Å²) in [6.45, 7) is 7.96. The van der Waals surface area contributed by atoms with E-state index in [1.807, 2.05) is 36.8 Å². The molecule has 8 heteroatoms. The second kappa shape index (κ2) is 6.91. The molecule has 1 fully saturated rings. The summed E-state index contributed by atoms with van der Waals surface area (Å²) >= 11 is 0. The second-order valence-corrected chi connectivity index (χ2v) is 6.06. The zero-order valence-electron chi connectivity index (χ0n) is 14.1. The lowest BCUT2D eigenvalue weighted by molar-refractivity contribution is 0.243. The molecule has 3 heterocycles. The first-order valence-electron chi connectivity index (χ1n) is 7.96. The van der Waals surface area contributed by atoms with E-state index in [4.69, 9.17) is 0 Å². The number of aromatic nitrogens is 5. The maximum atomic E-state index is 4.67. The van der Waals surface area contributed by atoms with Crippen LogP contribution in [-0.2, 0) is 6.54 Å². The first-order chi connectivity index (χ1) is 11.1. The fraction of sp³-hybridized carbons (Fsp3) is 0.600. The van der Waals surface area contributed by atoms with Crippen molar-refractivity contribution in [2.75, 3.05) is 56.6 Å². The van der Waals surface area contributed by atoms with E-state index in [9.17, 15) is 0 Å². The number of nitrogens with zero attached hydrogens (tertiary/aromatic N) is 8. The molecule has 0 amide bonds. The number of hydrogen-bond donors (Lipinski definition) is 0. The Morgan fingerprint density at radius 1 is 1.09 bits per heavy atom. The molecule has 2 aromatic rings. The third-order valence-electron chi connectivity index (χ3n) is 4.04. The third kappa shape index (κ3) is 3.95. The van der Waals surface area contributed by atoms with E-state index >= 15 is 0 Å². The van der Waals surface area contributed by atoms with E-state index in [1.165, 1.54) is 0 Å². The molecule has 1 saturated heterocycles. The van der Waals surface area contributed by atoms with Crippen molar-refractivity contribution in [1.29, 1.82) is 0 Å². The molecule has 0 saturated carbocycles. The lowest BCUT2D eigenvalue weighted by Gasteiger charge is -2.35. The minimum atomic E-state index is 0.772. The molecule has 124 valence electrons. The number of aryl methyl sites for hydroxylation is 1. The van der Waals surface area contributed by atoms with Gasteiger partial charge in [-0.3, -0.25) is 9.58 Å². The van der Waals surface area contributed by atoms with Gasteiger partial charge < -0.3 is 9.80 Å². The highest BCUT2D eigenvalue weighted by Crippen LogP contribution is 2.17. The van der Waals surface area contributed by atoms with Crippen LogP contribution in [0.4, 0.5) is 11.8 Å². The van der Waals surface area contributed by atoms with Gasteiger partial charge in [-0.05, 0) is 6.92 Å². The Labute approximate surface area is 136 Å². The van der Waals surface area contributed by atoms with Crippen molar-refractivity contribution >= 4 is 11.8 Å². The summed E-state index contributed by atoms with van der Waals surface area (Å²) in [6, 6.07) is 2.07. The van der Waals surface area contributed by atoms with Gasteiger partial charge in [0.25, 0.3) is 0 Å². The number of rotatable bonds is 5. The van der Waals surface area contributed by atoms with Gasteiger partial charge in [-0.15, -0.1) is 5.10 Å². The zero-order valence-corrected chi connectivity index (χ0v) is 14.1. The highest BCUT2D eigenvalue weighted by atomic mass is 15.4. The third-order valence-corrected chi connectivity index (χ3v) is 4.04. The van der Waals surface area contributed by atoms with Crippen LogP contribution in [0.3, 0.4) is 0 Å². The average Bonchev–Trinajstić information content (AvgIpc) is 3.06. The Bertz CT molecular complexity index is 616. The Kier molecular flexibility index (Phi) is 4.71. The van der Waals surface area contributed by atoms with Crippen molar-refractivity contribution in [3.05, 3.63) is 24.2 Å². The summed E-state index contributed by atoms with van der Waals surface area (Å²) in [6.07, 6.45) is 3.63. The zero-order chi connectivity index (χ0) is 16.2. The molecule has 2 aromatic heterocycles. The second-order valence-electron chi connectivity index (χ2n) is 6.06. The number of hydrogen-bond acceptors (Lipinski definition) is 7. The molecule has 0 atom stereocenters. The van der Waals surface area contributed by atoms with Crippen LogP contribution in [-0.4, -0.2) is 76.7 Å². The van der Waals surface area contributed by atoms with Gasteiger partial charge in [0.05, 0.1) is 12.7 Å². The fourth-order valence-electron chi connectivity index (χ4n) is 2.70. The summed E-state index contributed by atoms with van der Waals surface area (Å²) in [7, 11) is 3.95. The molecule has 0 bridgehead atoms. The molecule has 3 rings (SSSR count). The van der Waals surface area contributed by atoms with E-state index in [0.29, 0.717) is 0 Å². The van der Waals surface area contributed by atoms with Crippen LogP contribution in [0.2, 0.25) is 0 Å². The van der Waals surface area contributed by atoms with E-state index in [-0.39, 0.29) is 0 Å². The standard InChI is InChI=1S/C15H24N8/c1-13-12-14(18-15(17-13)20(2)3)22-9-6-21(7-10-22)8-11-23-5-4-16-19-23/h4-5,12H,6-11H2,1-3H3. The summed E-state index contributed by atoms with van der Waals surface area (Å²) in [5, 5.41) is 7.84. The van der Waals surface area contributed by atoms with Crippen LogP contribution in [0.5, 0.6) is 0 Å². The van der Waals surface area contributed by atoms with Crippen LogP contribution in [0, 0.1) is 6.92 Å². The lowest BCUT2D eigenvalue weighted by atomic mass is 10.3. The van der Waals surface area contributed by atoms with Crippen molar-refractivity contribution in [2.24, 2.45) is 0 Å². The molecular weight excluding hydrogens is 292 g/mol. The smallest absolute Gasteiger partial charge is 0.226 e. The highest BCUT2D eigenvalue weighted by Gasteiger charge is 2.19. The first-order valence-corrected chi connectivity index (χ1v) is 7.96. The Morgan fingerprint density at radius 3 is 2.52 bits per heavy atom. The van der Waals surface area contributed by atoms with Crippen molar-refractivity contribution in [3.8, 4) is 0 Å². The van der Waals surface area contributed by atoms with E-state index < -0.39 is 0 Å². The normalized spacial score (nSPS) is 15.9. The lowest BCUT2D eigenvalue weighted by Crippen LogP contribution is -2.47. The van der Waals surface area contributed by atoms with E-state index in [0.717, 1.165) is 56.7 Å². The fourth-order valence-corrected chi connectivity index (χ4v) is 2.70. The van der Waals surface area contributed by atoms with E-state index in [2.05, 4.69) is 36.1 Å². The van der Waals surface area contributed by atoms with Crippen LogP contribution in [0.25, 0.3) is 0 Å². The first kappa shape index (κ1) is 15.7. The molecule has 8 nitrogen and oxygen atoms in total. The minimum Gasteiger partial charge on any atom is -0.354 e. The Balaban J connectivity index is 1.56. The predicted octanol–water partition coefficient (Wildman–Crippen LogP) is 0.265. The number of anilines is 2. The average molecular weight is 316 g/mol. The molecule has 1 aliphatic rings. The summed E-state index contributed by atoms with van der Waals surface area (Å²) < 4.78 is 1.88. The molecule has 0 spiro atoms. The Morgan fingerprint density at radius 2 is 1.87 bits per heavy atom. The largest absolute Gasteiger partial charge is 0.354 e. The van der Waals surface area contributed by atoms with Crippen molar-refractivity contribution in [2.45, 2.75) is 13.5 Å². The SMILES string of the molecule is Cc1cc(N2CCN(CCn3ccnn3)CC2)nc(N(C)C)n1. The quantitative estimate of drug-likeness (QED) is 0.784. The maximum absolute atomic E-state index is 4.67. The molecule has 0 radical (unpaired) electrons. The van der Waals surface area contributed by atoms with Crippen molar-refractivity contribution in [3.63, 3.8) is 0 Å². The van der Waals surface area contributed by atoms with Gasteiger partial charge in [0, 0.05) is 64.8 Å². The summed E-state index contributed by atoms with van der Waals surface area (Å²) in [5.74, 6) is 1.80. The van der Waals surface area contributed by atoms with Gasteiger partial charge in [-0.25, -0.2) is 4.98 Å². The van der Waals surface area contributed by atoms with Crippen LogP contribution < -0.4 is 9.80 Å². The molecular formula is C15H24N8. The Hall–Kier alpha value is -2.22. The minimum absolute atomic E-state index is 0.772. The van der Waals surface area contributed by atoms with Gasteiger partial charge in [0.15, 0.2) is 0 Å². The monoisotopic (exact) mass is 316 g/mol. The van der Waals surface area contributed by atoms with Gasteiger partial charge in [-0.1, -0.05) is 5.21 Å². The van der Waals surface area contributed by atoms with Gasteiger partial charge in [0.1, 0.15) is 5.82 Å². The van der Waals surface area contributed by atoms with Crippen molar-refractivity contribution in [1.82, 2.24) is 29.9 Å². The van der Waals surface area contributed by atoms with Gasteiger partial charge >= 0.3 is 0 Å². The summed E-state index contributed by atoms with van der Waals surface area (Å²) in [5.41, 5.74) is 1.01. The molecule has 0 N–H and O–H groups in total. The van der Waals surface area contributed by atoms with E-state index in [1.54, 1.807) is 6.20 Å². The highest BCUT2D eigenvalue weighted by molar-refractivity contribution is 5.45.